The molecule has 1 aromatic rings. The van der Waals surface area contributed by atoms with Crippen LogP contribution in [-0.4, -0.2) is 71.2 Å². The second-order valence-corrected chi connectivity index (χ2v) is 8.01. The van der Waals surface area contributed by atoms with E-state index in [0.29, 0.717) is 23.6 Å². The Bertz CT molecular complexity index is 741. The van der Waals surface area contributed by atoms with Gasteiger partial charge in [0.05, 0.1) is 12.6 Å². The van der Waals surface area contributed by atoms with Gasteiger partial charge in [0, 0.05) is 37.2 Å². The summed E-state index contributed by atoms with van der Waals surface area (Å²) in [5.41, 5.74) is 1.13. The Hall–Kier alpha value is -2.10. The van der Waals surface area contributed by atoms with Gasteiger partial charge >= 0.3 is 0 Å². The number of unbranched alkanes of at least 4 members (excludes halogenated alkanes) is 1. The van der Waals surface area contributed by atoms with Crippen LogP contribution < -0.4 is 4.74 Å². The largest absolute Gasteiger partial charge is 0.472 e. The summed E-state index contributed by atoms with van der Waals surface area (Å²) in [6, 6.07) is 1.49. The lowest BCUT2D eigenvalue weighted by Gasteiger charge is -2.37. The van der Waals surface area contributed by atoms with Crippen LogP contribution in [0, 0.1) is 17.8 Å². The van der Waals surface area contributed by atoms with Gasteiger partial charge in [-0.25, -0.2) is 4.98 Å². The Morgan fingerprint density at radius 3 is 2.83 bits per heavy atom. The van der Waals surface area contributed by atoms with Crippen molar-refractivity contribution in [2.45, 2.75) is 59.1 Å². The predicted octanol–water partition coefficient (Wildman–Crippen LogP) is 2.80. The van der Waals surface area contributed by atoms with E-state index in [-0.39, 0.29) is 30.6 Å². The number of hydrogen-bond donors (Lipinski definition) is 1. The van der Waals surface area contributed by atoms with Crippen molar-refractivity contribution in [3.63, 3.8) is 0 Å². The number of rotatable bonds is 7. The molecular weight excluding hydrogens is 366 g/mol. The molecule has 0 fully saturated rings. The minimum Gasteiger partial charge on any atom is -0.472 e. The third kappa shape index (κ3) is 6.19. The van der Waals surface area contributed by atoms with Crippen LogP contribution in [0.4, 0.5) is 0 Å². The molecule has 0 spiro atoms. The van der Waals surface area contributed by atoms with Crippen LogP contribution in [-0.2, 0) is 0 Å². The Kier molecular flexibility index (Phi) is 8.94. The molecule has 0 bridgehead atoms. The van der Waals surface area contributed by atoms with Crippen LogP contribution in [0.2, 0.25) is 0 Å². The molecule has 1 aliphatic rings. The van der Waals surface area contributed by atoms with Crippen molar-refractivity contribution < 1.29 is 14.6 Å². The molecule has 1 amide bonds. The van der Waals surface area contributed by atoms with Crippen molar-refractivity contribution in [3.05, 3.63) is 23.4 Å². The molecule has 2 rings (SSSR count). The van der Waals surface area contributed by atoms with Crippen LogP contribution in [0.5, 0.6) is 5.88 Å². The van der Waals surface area contributed by atoms with Crippen molar-refractivity contribution in [3.8, 4) is 17.7 Å². The van der Waals surface area contributed by atoms with Gasteiger partial charge < -0.3 is 19.6 Å². The minimum absolute atomic E-state index is 0.0848. The first-order chi connectivity index (χ1) is 13.9. The zero-order valence-electron chi connectivity index (χ0n) is 18.4. The van der Waals surface area contributed by atoms with Crippen LogP contribution in [0.25, 0.3) is 0 Å². The van der Waals surface area contributed by atoms with Gasteiger partial charge in [-0.05, 0) is 39.4 Å². The first-order valence-corrected chi connectivity index (χ1v) is 10.7. The summed E-state index contributed by atoms with van der Waals surface area (Å²) in [5, 5.41) is 9.71. The number of carbonyl (C=O) groups excluding carboxylic acids is 1. The van der Waals surface area contributed by atoms with Crippen LogP contribution >= 0.6 is 0 Å². The topological polar surface area (TPSA) is 65.9 Å². The molecule has 0 unspecified atom stereocenters. The number of carbonyl (C=O) groups is 1. The number of fused-ring (bicyclic) bond motifs is 1. The number of amides is 1. The molecule has 1 aliphatic heterocycles. The third-order valence-electron chi connectivity index (χ3n) is 5.23. The van der Waals surface area contributed by atoms with Crippen LogP contribution in [0.15, 0.2) is 12.3 Å². The summed E-state index contributed by atoms with van der Waals surface area (Å²) in [6.07, 6.45) is 4.43. The molecule has 3 atom stereocenters. The molecule has 1 N–H and O–H groups in total. The number of aliphatic hydroxyl groups is 1. The van der Waals surface area contributed by atoms with E-state index < -0.39 is 0 Å². The Labute approximate surface area is 175 Å². The van der Waals surface area contributed by atoms with Crippen molar-refractivity contribution in [1.29, 1.82) is 0 Å². The van der Waals surface area contributed by atoms with E-state index >= 15 is 0 Å². The normalized spacial score (nSPS) is 20.2. The number of hydrogen-bond acceptors (Lipinski definition) is 5. The maximum atomic E-state index is 13.3. The Balaban J connectivity index is 2.42. The monoisotopic (exact) mass is 401 g/mol. The van der Waals surface area contributed by atoms with Gasteiger partial charge in [0.1, 0.15) is 11.7 Å². The van der Waals surface area contributed by atoms with Crippen molar-refractivity contribution in [2.24, 2.45) is 5.92 Å². The number of likely N-dealkylation sites (N-methyl/N-ethyl adjacent to an activating group) is 1. The molecule has 0 aliphatic carbocycles. The van der Waals surface area contributed by atoms with Crippen molar-refractivity contribution in [1.82, 2.24) is 14.8 Å². The molecule has 0 aromatic carbocycles. The van der Waals surface area contributed by atoms with Gasteiger partial charge in [0.15, 0.2) is 0 Å². The van der Waals surface area contributed by atoms with E-state index in [4.69, 9.17) is 4.74 Å². The molecule has 0 saturated heterocycles. The molecule has 6 nitrogen and oxygen atoms in total. The number of aromatic nitrogens is 1. The lowest BCUT2D eigenvalue weighted by Crippen LogP contribution is -2.50. The standard InChI is InChI=1S/C23H35N3O3/c1-6-8-9-10-19-12-20-22(24-13-19)29-21(15-25(5)11-7-2)17(3)14-26(23(20)28)18(4)16-27/h12-13,17-18,21,27H,6-8,11,14-16H2,1-5H3/t17-,18+,21-/m1/s1. The quantitative estimate of drug-likeness (QED) is 0.712. The molecule has 6 heteroatoms. The summed E-state index contributed by atoms with van der Waals surface area (Å²) in [5.74, 6) is 6.47. The lowest BCUT2D eigenvalue weighted by molar-refractivity contribution is 0.0331. The molecule has 0 saturated carbocycles. The Morgan fingerprint density at radius 2 is 2.17 bits per heavy atom. The molecule has 2 heterocycles. The SMILES string of the molecule is CCCC#Cc1cnc2c(c1)C(=O)N([C@@H](C)CO)C[C@@H](C)[C@@H](CN(C)CCC)O2. The van der Waals surface area contributed by atoms with Gasteiger partial charge in [-0.3, -0.25) is 4.79 Å². The van der Waals surface area contributed by atoms with Gasteiger partial charge in [-0.15, -0.1) is 0 Å². The average Bonchev–Trinajstić information content (AvgIpc) is 2.70. The summed E-state index contributed by atoms with van der Waals surface area (Å²) in [6.45, 7) is 10.4. The average molecular weight is 402 g/mol. The third-order valence-corrected chi connectivity index (χ3v) is 5.23. The van der Waals surface area contributed by atoms with Crippen LogP contribution in [0.1, 0.15) is 62.9 Å². The van der Waals surface area contributed by atoms with E-state index in [9.17, 15) is 9.90 Å². The molecule has 0 radical (unpaired) electrons. The summed E-state index contributed by atoms with van der Waals surface area (Å²) < 4.78 is 6.27. The van der Waals surface area contributed by atoms with E-state index in [2.05, 4.69) is 49.5 Å². The minimum atomic E-state index is -0.278. The first-order valence-electron chi connectivity index (χ1n) is 10.7. The highest BCUT2D eigenvalue weighted by Crippen LogP contribution is 2.27. The fourth-order valence-corrected chi connectivity index (χ4v) is 3.46. The smallest absolute Gasteiger partial charge is 0.259 e. The Morgan fingerprint density at radius 1 is 1.41 bits per heavy atom. The van der Waals surface area contributed by atoms with Crippen LogP contribution in [0.3, 0.4) is 0 Å². The van der Waals surface area contributed by atoms with Gasteiger partial charge in [0.2, 0.25) is 5.88 Å². The maximum absolute atomic E-state index is 13.3. The number of pyridine rings is 1. The maximum Gasteiger partial charge on any atom is 0.259 e. The van der Waals surface area contributed by atoms with E-state index in [1.807, 2.05) is 6.92 Å². The highest BCUT2D eigenvalue weighted by Gasteiger charge is 2.34. The van der Waals surface area contributed by atoms with Gasteiger partial charge in [0.25, 0.3) is 5.91 Å². The number of ether oxygens (including phenoxy) is 1. The van der Waals surface area contributed by atoms with E-state index in [1.165, 1.54) is 0 Å². The molecule has 160 valence electrons. The summed E-state index contributed by atoms with van der Waals surface area (Å²) in [4.78, 5) is 21.7. The molecule has 1 aromatic heterocycles. The van der Waals surface area contributed by atoms with Crippen molar-refractivity contribution >= 4 is 5.91 Å². The van der Waals surface area contributed by atoms with E-state index in [1.54, 1.807) is 17.2 Å². The van der Waals surface area contributed by atoms with Gasteiger partial charge in [-0.1, -0.05) is 32.6 Å². The van der Waals surface area contributed by atoms with Gasteiger partial charge in [-0.2, -0.15) is 0 Å². The van der Waals surface area contributed by atoms with Crippen molar-refractivity contribution in [2.75, 3.05) is 33.3 Å². The van der Waals surface area contributed by atoms with E-state index in [0.717, 1.165) is 32.4 Å². The molecule has 29 heavy (non-hydrogen) atoms. The molecular formula is C23H35N3O3. The lowest BCUT2D eigenvalue weighted by atomic mass is 10.00. The predicted molar refractivity (Wildman–Crippen MR) is 115 cm³/mol. The zero-order valence-corrected chi connectivity index (χ0v) is 18.4. The fourth-order valence-electron chi connectivity index (χ4n) is 3.46. The number of nitrogens with zero attached hydrogens (tertiary/aromatic N) is 3. The fraction of sp³-hybridized carbons (Fsp3) is 0.652. The second-order valence-electron chi connectivity index (χ2n) is 8.01. The summed E-state index contributed by atoms with van der Waals surface area (Å²) in [7, 11) is 2.08. The first kappa shape index (κ1) is 23.2. The summed E-state index contributed by atoms with van der Waals surface area (Å²) >= 11 is 0. The highest BCUT2D eigenvalue weighted by molar-refractivity contribution is 5.97. The highest BCUT2D eigenvalue weighted by atomic mass is 16.5. The second kappa shape index (κ2) is 11.2. The zero-order chi connectivity index (χ0) is 21.4. The number of aliphatic hydroxyl groups excluding tert-OH is 1.